The van der Waals surface area contributed by atoms with Crippen LogP contribution in [0.1, 0.15) is 17.9 Å². The van der Waals surface area contributed by atoms with Crippen molar-refractivity contribution in [2.75, 3.05) is 38.2 Å². The molecule has 98 valence electrons. The molecule has 2 aliphatic heterocycles. The van der Waals surface area contributed by atoms with Crippen LogP contribution in [-0.2, 0) is 0 Å². The summed E-state index contributed by atoms with van der Waals surface area (Å²) < 4.78 is 0. The van der Waals surface area contributed by atoms with Gasteiger partial charge in [-0.15, -0.1) is 0 Å². The fraction of sp³-hybridized carbons (Fsp3) is 0.571. The Bertz CT molecular complexity index is 404. The molecular weight excluding hydrogens is 226 g/mol. The van der Waals surface area contributed by atoms with E-state index in [0.29, 0.717) is 5.92 Å². The molecule has 0 aliphatic carbocycles. The zero-order valence-electron chi connectivity index (χ0n) is 10.6. The van der Waals surface area contributed by atoms with Gasteiger partial charge in [-0.3, -0.25) is 4.90 Å². The topological polar surface area (TPSA) is 47.5 Å². The van der Waals surface area contributed by atoms with Crippen molar-refractivity contribution in [3.8, 4) is 0 Å². The molecule has 0 amide bonds. The van der Waals surface area contributed by atoms with Crippen LogP contribution < -0.4 is 10.6 Å². The minimum absolute atomic E-state index is 0.0993. The fourth-order valence-corrected chi connectivity index (χ4v) is 2.80. The largest absolute Gasteiger partial charge is 0.390 e. The summed E-state index contributed by atoms with van der Waals surface area (Å²) in [6.07, 6.45) is 1.07. The standard InChI is InChI=1S/C14H21N3O/c18-12-8-17(9-12)10-15-6-5-11-7-16-14-4-2-1-3-13(11)14/h1-4,11-12,15-16,18H,5-10H2. The Morgan fingerprint density at radius 3 is 3.00 bits per heavy atom. The highest BCUT2D eigenvalue weighted by molar-refractivity contribution is 5.57. The van der Waals surface area contributed by atoms with Crippen LogP contribution in [0.2, 0.25) is 0 Å². The van der Waals surface area contributed by atoms with Crippen molar-refractivity contribution in [1.29, 1.82) is 0 Å². The Labute approximate surface area is 108 Å². The fourth-order valence-electron chi connectivity index (χ4n) is 2.80. The van der Waals surface area contributed by atoms with Crippen LogP contribution in [0.25, 0.3) is 0 Å². The van der Waals surface area contributed by atoms with Gasteiger partial charge in [-0.2, -0.15) is 0 Å². The second kappa shape index (κ2) is 5.26. The third-order valence-electron chi connectivity index (χ3n) is 3.88. The Morgan fingerprint density at radius 1 is 1.33 bits per heavy atom. The normalized spacial score (nSPS) is 23.5. The minimum Gasteiger partial charge on any atom is -0.390 e. The first-order chi connectivity index (χ1) is 8.83. The number of likely N-dealkylation sites (tertiary alicyclic amines) is 1. The Hall–Kier alpha value is -1.10. The second-order valence-electron chi connectivity index (χ2n) is 5.30. The van der Waals surface area contributed by atoms with E-state index in [2.05, 4.69) is 39.8 Å². The third-order valence-corrected chi connectivity index (χ3v) is 3.88. The van der Waals surface area contributed by atoms with E-state index in [0.717, 1.165) is 32.8 Å². The average molecular weight is 247 g/mol. The van der Waals surface area contributed by atoms with Crippen LogP contribution in [0.5, 0.6) is 0 Å². The quantitative estimate of drug-likeness (QED) is 0.674. The molecule has 0 aromatic heterocycles. The van der Waals surface area contributed by atoms with E-state index in [-0.39, 0.29) is 6.10 Å². The van der Waals surface area contributed by atoms with E-state index in [9.17, 15) is 5.11 Å². The number of β-amino-alcohol motifs (C(OH)–C–C–N with tert-alkyl or cyclic N) is 1. The molecule has 1 aromatic rings. The molecule has 0 bridgehead atoms. The molecule has 1 fully saturated rings. The Kier molecular flexibility index (Phi) is 3.50. The molecule has 1 unspecified atom stereocenters. The SMILES string of the molecule is OC1CN(CNCCC2CNc3ccccc32)C1. The van der Waals surface area contributed by atoms with Gasteiger partial charge in [0, 0.05) is 37.9 Å². The monoisotopic (exact) mass is 247 g/mol. The Morgan fingerprint density at radius 2 is 2.17 bits per heavy atom. The van der Waals surface area contributed by atoms with Crippen LogP contribution in [-0.4, -0.2) is 49.0 Å². The summed E-state index contributed by atoms with van der Waals surface area (Å²) in [4.78, 5) is 2.23. The number of nitrogens with one attached hydrogen (secondary N) is 2. The molecule has 3 N–H and O–H groups in total. The third kappa shape index (κ3) is 2.51. The van der Waals surface area contributed by atoms with E-state index in [4.69, 9.17) is 0 Å². The van der Waals surface area contributed by atoms with E-state index in [1.54, 1.807) is 0 Å². The Balaban J connectivity index is 1.39. The second-order valence-corrected chi connectivity index (χ2v) is 5.30. The lowest BCUT2D eigenvalue weighted by Crippen LogP contribution is -2.53. The van der Waals surface area contributed by atoms with E-state index >= 15 is 0 Å². The van der Waals surface area contributed by atoms with Crippen molar-refractivity contribution in [3.05, 3.63) is 29.8 Å². The highest BCUT2D eigenvalue weighted by Crippen LogP contribution is 2.32. The van der Waals surface area contributed by atoms with Crippen LogP contribution in [0.3, 0.4) is 0 Å². The number of rotatable bonds is 5. The number of nitrogens with zero attached hydrogens (tertiary/aromatic N) is 1. The summed E-state index contributed by atoms with van der Waals surface area (Å²) in [6, 6.07) is 8.59. The molecule has 1 saturated heterocycles. The molecule has 1 atom stereocenters. The van der Waals surface area contributed by atoms with Crippen molar-refractivity contribution in [1.82, 2.24) is 10.2 Å². The zero-order chi connectivity index (χ0) is 12.4. The van der Waals surface area contributed by atoms with Crippen LogP contribution >= 0.6 is 0 Å². The van der Waals surface area contributed by atoms with Crippen molar-refractivity contribution in [3.63, 3.8) is 0 Å². The van der Waals surface area contributed by atoms with E-state index < -0.39 is 0 Å². The van der Waals surface area contributed by atoms with Crippen LogP contribution in [0.4, 0.5) is 5.69 Å². The van der Waals surface area contributed by atoms with Crippen molar-refractivity contribution >= 4 is 5.69 Å². The number of fused-ring (bicyclic) bond motifs is 1. The van der Waals surface area contributed by atoms with Gasteiger partial charge >= 0.3 is 0 Å². The summed E-state index contributed by atoms with van der Waals surface area (Å²) in [6.45, 7) is 4.64. The van der Waals surface area contributed by atoms with Crippen molar-refractivity contribution in [2.24, 2.45) is 0 Å². The van der Waals surface area contributed by atoms with E-state index in [1.165, 1.54) is 17.7 Å². The predicted molar refractivity (Wildman–Crippen MR) is 72.7 cm³/mol. The first-order valence-corrected chi connectivity index (χ1v) is 6.77. The molecule has 0 spiro atoms. The van der Waals surface area contributed by atoms with Gasteiger partial charge in [-0.05, 0) is 24.6 Å². The molecule has 18 heavy (non-hydrogen) atoms. The first-order valence-electron chi connectivity index (χ1n) is 6.77. The van der Waals surface area contributed by atoms with E-state index in [1.807, 2.05) is 0 Å². The highest BCUT2D eigenvalue weighted by atomic mass is 16.3. The smallest absolute Gasteiger partial charge is 0.0794 e. The number of aliphatic hydroxyl groups is 1. The molecule has 4 heteroatoms. The van der Waals surface area contributed by atoms with Gasteiger partial charge < -0.3 is 15.7 Å². The number of hydrogen-bond acceptors (Lipinski definition) is 4. The summed E-state index contributed by atoms with van der Waals surface area (Å²) >= 11 is 0. The summed E-state index contributed by atoms with van der Waals surface area (Å²) in [5.74, 6) is 0.635. The lowest BCUT2D eigenvalue weighted by atomic mass is 9.98. The summed E-state index contributed by atoms with van der Waals surface area (Å²) in [5.41, 5.74) is 2.76. The van der Waals surface area contributed by atoms with Crippen molar-refractivity contribution in [2.45, 2.75) is 18.4 Å². The van der Waals surface area contributed by atoms with Crippen molar-refractivity contribution < 1.29 is 5.11 Å². The summed E-state index contributed by atoms with van der Waals surface area (Å²) in [5, 5.41) is 16.1. The summed E-state index contributed by atoms with van der Waals surface area (Å²) in [7, 11) is 0. The van der Waals surface area contributed by atoms with Gasteiger partial charge in [-0.1, -0.05) is 18.2 Å². The number of benzene rings is 1. The average Bonchev–Trinajstić information content (AvgIpc) is 2.75. The van der Waals surface area contributed by atoms with Gasteiger partial charge in [0.15, 0.2) is 0 Å². The predicted octanol–water partition coefficient (Wildman–Crippen LogP) is 0.809. The highest BCUT2D eigenvalue weighted by Gasteiger charge is 2.24. The maximum atomic E-state index is 9.18. The van der Waals surface area contributed by atoms with Gasteiger partial charge in [0.25, 0.3) is 0 Å². The van der Waals surface area contributed by atoms with Gasteiger partial charge in [0.1, 0.15) is 0 Å². The van der Waals surface area contributed by atoms with Crippen LogP contribution in [0, 0.1) is 0 Å². The van der Waals surface area contributed by atoms with Gasteiger partial charge in [-0.25, -0.2) is 0 Å². The number of anilines is 1. The van der Waals surface area contributed by atoms with Crippen LogP contribution in [0.15, 0.2) is 24.3 Å². The van der Waals surface area contributed by atoms with Gasteiger partial charge in [0.2, 0.25) is 0 Å². The molecule has 1 aromatic carbocycles. The number of para-hydroxylation sites is 1. The molecule has 4 nitrogen and oxygen atoms in total. The molecule has 0 radical (unpaired) electrons. The number of hydrogen-bond donors (Lipinski definition) is 3. The minimum atomic E-state index is -0.0993. The zero-order valence-corrected chi connectivity index (χ0v) is 10.6. The lowest BCUT2D eigenvalue weighted by molar-refractivity contribution is -0.00231. The maximum absolute atomic E-state index is 9.18. The molecular formula is C14H21N3O. The lowest BCUT2D eigenvalue weighted by Gasteiger charge is -2.35. The molecule has 3 rings (SSSR count). The number of aliphatic hydroxyl groups excluding tert-OH is 1. The molecule has 2 aliphatic rings. The molecule has 2 heterocycles. The maximum Gasteiger partial charge on any atom is 0.0794 e. The van der Waals surface area contributed by atoms with Gasteiger partial charge in [0.05, 0.1) is 6.10 Å². The first kappa shape index (κ1) is 12.0. The molecule has 0 saturated carbocycles.